The number of carbonyl (C=O) groups excluding carboxylic acids is 1. The lowest BCUT2D eigenvalue weighted by Gasteiger charge is -2.18. The maximum atomic E-state index is 12.2. The molecule has 0 unspecified atom stereocenters. The van der Waals surface area contributed by atoms with E-state index < -0.39 is 0 Å². The van der Waals surface area contributed by atoms with E-state index in [4.69, 9.17) is 5.73 Å². The second kappa shape index (κ2) is 6.90. The Kier molecular flexibility index (Phi) is 4.95. The van der Waals surface area contributed by atoms with Crippen molar-refractivity contribution >= 4 is 5.91 Å². The summed E-state index contributed by atoms with van der Waals surface area (Å²) in [7, 11) is 1.78. The molecule has 0 spiro atoms. The summed E-state index contributed by atoms with van der Waals surface area (Å²) in [4.78, 5) is 13.9. The topological polar surface area (TPSA) is 66.6 Å². The van der Waals surface area contributed by atoms with Crippen molar-refractivity contribution in [3.63, 3.8) is 0 Å². The van der Waals surface area contributed by atoms with Crippen molar-refractivity contribution in [2.45, 2.75) is 19.5 Å². The lowest BCUT2D eigenvalue weighted by atomic mass is 10.1. The van der Waals surface area contributed by atoms with Gasteiger partial charge in [-0.15, -0.1) is 0 Å². The van der Waals surface area contributed by atoms with Crippen molar-refractivity contribution < 1.29 is 9.90 Å². The van der Waals surface area contributed by atoms with Crippen LogP contribution in [0, 0.1) is 0 Å². The summed E-state index contributed by atoms with van der Waals surface area (Å²) in [5, 5.41) is 9.42. The molecular formula is C17H20N2O2. The predicted octanol–water partition coefficient (Wildman–Crippen LogP) is 2.05. The molecule has 0 heterocycles. The maximum absolute atomic E-state index is 12.2. The van der Waals surface area contributed by atoms with E-state index in [-0.39, 0.29) is 18.1 Å². The van der Waals surface area contributed by atoms with Crippen molar-refractivity contribution in [2.24, 2.45) is 5.73 Å². The Morgan fingerprint density at radius 2 is 1.76 bits per heavy atom. The second-order valence-corrected chi connectivity index (χ2v) is 5.12. The molecule has 0 saturated heterocycles. The molecular weight excluding hydrogens is 264 g/mol. The van der Waals surface area contributed by atoms with Crippen LogP contribution in [0.3, 0.4) is 0 Å². The largest absolute Gasteiger partial charge is 0.508 e. The van der Waals surface area contributed by atoms with Crippen molar-refractivity contribution in [2.75, 3.05) is 7.05 Å². The number of nitrogens with two attached hydrogens (primary N) is 1. The lowest BCUT2D eigenvalue weighted by molar-refractivity contribution is -0.129. The van der Waals surface area contributed by atoms with Crippen LogP contribution in [-0.4, -0.2) is 23.0 Å². The molecule has 110 valence electrons. The van der Waals surface area contributed by atoms with Crippen LogP contribution in [0.15, 0.2) is 48.5 Å². The molecule has 1 amide bonds. The first-order chi connectivity index (χ1) is 10.1. The van der Waals surface area contributed by atoms with Gasteiger partial charge in [0.05, 0.1) is 6.42 Å². The van der Waals surface area contributed by atoms with Crippen LogP contribution in [0.5, 0.6) is 5.75 Å². The Hall–Kier alpha value is -2.33. The van der Waals surface area contributed by atoms with Gasteiger partial charge in [-0.3, -0.25) is 4.79 Å². The third kappa shape index (κ3) is 4.33. The first-order valence-electron chi connectivity index (χ1n) is 6.88. The fourth-order valence-electron chi connectivity index (χ4n) is 2.19. The minimum absolute atomic E-state index is 0.0127. The zero-order chi connectivity index (χ0) is 15.2. The molecule has 4 nitrogen and oxygen atoms in total. The summed E-state index contributed by atoms with van der Waals surface area (Å²) < 4.78 is 0. The van der Waals surface area contributed by atoms with Gasteiger partial charge in [-0.2, -0.15) is 0 Å². The summed E-state index contributed by atoms with van der Waals surface area (Å²) >= 11 is 0. The summed E-state index contributed by atoms with van der Waals surface area (Å²) in [6.07, 6.45) is 0.279. The molecule has 0 aromatic heterocycles. The van der Waals surface area contributed by atoms with Crippen LogP contribution in [0.1, 0.15) is 16.7 Å². The monoisotopic (exact) mass is 284 g/mol. The molecule has 0 aliphatic carbocycles. The highest BCUT2D eigenvalue weighted by Crippen LogP contribution is 2.13. The lowest BCUT2D eigenvalue weighted by Crippen LogP contribution is -2.27. The molecule has 0 saturated carbocycles. The Balaban J connectivity index is 1.99. The Bertz CT molecular complexity index is 626. The predicted molar refractivity (Wildman–Crippen MR) is 82.6 cm³/mol. The fraction of sp³-hybridized carbons (Fsp3) is 0.235. The number of phenolic OH excluding ortho intramolecular Hbond substituents is 1. The number of likely N-dealkylation sites (N-methyl/N-ethyl adjacent to an activating group) is 1. The smallest absolute Gasteiger partial charge is 0.227 e. The summed E-state index contributed by atoms with van der Waals surface area (Å²) in [6, 6.07) is 14.7. The number of rotatable bonds is 5. The summed E-state index contributed by atoms with van der Waals surface area (Å²) in [6.45, 7) is 1.04. The SMILES string of the molecule is CN(Cc1cccc(CN)c1)C(=O)Cc1cccc(O)c1. The number of carbonyl (C=O) groups is 1. The van der Waals surface area contributed by atoms with E-state index in [1.807, 2.05) is 30.3 Å². The van der Waals surface area contributed by atoms with Crippen molar-refractivity contribution in [1.82, 2.24) is 4.90 Å². The van der Waals surface area contributed by atoms with Crippen LogP contribution >= 0.6 is 0 Å². The van der Waals surface area contributed by atoms with Gasteiger partial charge in [0, 0.05) is 20.1 Å². The van der Waals surface area contributed by atoms with Gasteiger partial charge >= 0.3 is 0 Å². The zero-order valence-electron chi connectivity index (χ0n) is 12.1. The Morgan fingerprint density at radius 1 is 1.10 bits per heavy atom. The molecule has 4 heteroatoms. The van der Waals surface area contributed by atoms with E-state index in [1.54, 1.807) is 30.1 Å². The molecule has 0 radical (unpaired) electrons. The van der Waals surface area contributed by atoms with Crippen LogP contribution in [0.4, 0.5) is 0 Å². The number of hydrogen-bond acceptors (Lipinski definition) is 3. The zero-order valence-corrected chi connectivity index (χ0v) is 12.1. The minimum atomic E-state index is 0.0127. The molecule has 2 aromatic carbocycles. The van der Waals surface area contributed by atoms with Gasteiger partial charge in [-0.1, -0.05) is 36.4 Å². The molecule has 21 heavy (non-hydrogen) atoms. The average Bonchev–Trinajstić information content (AvgIpc) is 2.47. The highest BCUT2D eigenvalue weighted by atomic mass is 16.3. The van der Waals surface area contributed by atoms with Crippen molar-refractivity contribution in [3.8, 4) is 5.75 Å². The highest BCUT2D eigenvalue weighted by molar-refractivity contribution is 5.78. The number of benzene rings is 2. The molecule has 2 aromatic rings. The Morgan fingerprint density at radius 3 is 2.48 bits per heavy atom. The molecule has 0 aliphatic heterocycles. The van der Waals surface area contributed by atoms with E-state index >= 15 is 0 Å². The van der Waals surface area contributed by atoms with E-state index in [2.05, 4.69) is 0 Å². The van der Waals surface area contributed by atoms with Gasteiger partial charge in [0.1, 0.15) is 5.75 Å². The van der Waals surface area contributed by atoms with E-state index in [1.165, 1.54) is 0 Å². The Labute approximate surface area is 124 Å². The number of amides is 1. The highest BCUT2D eigenvalue weighted by Gasteiger charge is 2.10. The molecule has 0 atom stereocenters. The third-order valence-corrected chi connectivity index (χ3v) is 3.34. The first kappa shape index (κ1) is 15.1. The fourth-order valence-corrected chi connectivity index (χ4v) is 2.19. The molecule has 3 N–H and O–H groups in total. The molecule has 0 fully saturated rings. The number of nitrogens with zero attached hydrogens (tertiary/aromatic N) is 1. The van der Waals surface area contributed by atoms with E-state index in [0.29, 0.717) is 13.1 Å². The van der Waals surface area contributed by atoms with E-state index in [0.717, 1.165) is 16.7 Å². The number of hydrogen-bond donors (Lipinski definition) is 2. The van der Waals surface area contributed by atoms with Gasteiger partial charge < -0.3 is 15.7 Å². The molecule has 2 rings (SSSR count). The number of aromatic hydroxyl groups is 1. The molecule has 0 aliphatic rings. The van der Waals surface area contributed by atoms with Gasteiger partial charge in [0.2, 0.25) is 5.91 Å². The maximum Gasteiger partial charge on any atom is 0.227 e. The van der Waals surface area contributed by atoms with E-state index in [9.17, 15) is 9.90 Å². The number of phenols is 1. The normalized spacial score (nSPS) is 10.4. The molecule has 0 bridgehead atoms. The van der Waals surface area contributed by atoms with Gasteiger partial charge in [0.15, 0.2) is 0 Å². The summed E-state index contributed by atoms with van der Waals surface area (Å²) in [5.41, 5.74) is 8.55. The second-order valence-electron chi connectivity index (χ2n) is 5.12. The van der Waals surface area contributed by atoms with Crippen LogP contribution in [0.2, 0.25) is 0 Å². The van der Waals surface area contributed by atoms with Gasteiger partial charge in [0.25, 0.3) is 0 Å². The van der Waals surface area contributed by atoms with Crippen LogP contribution in [-0.2, 0) is 24.3 Å². The average molecular weight is 284 g/mol. The van der Waals surface area contributed by atoms with Crippen molar-refractivity contribution in [3.05, 3.63) is 65.2 Å². The third-order valence-electron chi connectivity index (χ3n) is 3.34. The van der Waals surface area contributed by atoms with Gasteiger partial charge in [-0.05, 0) is 28.8 Å². The summed E-state index contributed by atoms with van der Waals surface area (Å²) in [5.74, 6) is 0.192. The quantitative estimate of drug-likeness (QED) is 0.883. The van der Waals surface area contributed by atoms with Crippen molar-refractivity contribution in [1.29, 1.82) is 0 Å². The minimum Gasteiger partial charge on any atom is -0.508 e. The van der Waals surface area contributed by atoms with Crippen LogP contribution in [0.25, 0.3) is 0 Å². The van der Waals surface area contributed by atoms with Gasteiger partial charge in [-0.25, -0.2) is 0 Å². The van der Waals surface area contributed by atoms with Crippen LogP contribution < -0.4 is 5.73 Å². The first-order valence-corrected chi connectivity index (χ1v) is 6.88. The standard InChI is InChI=1S/C17H20N2O2/c1-19(12-15-6-2-5-14(8-15)11-18)17(21)10-13-4-3-7-16(20)9-13/h2-9,20H,10-12,18H2,1H3.